The van der Waals surface area contributed by atoms with Gasteiger partial charge in [0.15, 0.2) is 0 Å². The zero-order valence-electron chi connectivity index (χ0n) is 10.1. The van der Waals surface area contributed by atoms with Gasteiger partial charge in [-0.25, -0.2) is 0 Å². The summed E-state index contributed by atoms with van der Waals surface area (Å²) in [5.41, 5.74) is 0.0736. The Kier molecular flexibility index (Phi) is 3.29. The number of ketones is 1. The number of hydrogen-bond acceptors (Lipinski definition) is 3. The molecule has 15 heavy (non-hydrogen) atoms. The smallest absolute Gasteiger partial charge is 0.202 e. The first-order valence-corrected chi connectivity index (χ1v) is 5.13. The van der Waals surface area contributed by atoms with Gasteiger partial charge in [-0.05, 0) is 33.5 Å². The molecule has 1 unspecified atom stereocenters. The molecule has 84 valence electrons. The van der Waals surface area contributed by atoms with Gasteiger partial charge in [-0.1, -0.05) is 6.92 Å². The Morgan fingerprint density at radius 2 is 2.20 bits per heavy atom. The fraction of sp³-hybridized carbons (Fsp3) is 0.636. The van der Waals surface area contributed by atoms with Crippen molar-refractivity contribution in [3.63, 3.8) is 0 Å². The largest absolute Gasteiger partial charge is 0.297 e. The van der Waals surface area contributed by atoms with Gasteiger partial charge in [0.25, 0.3) is 0 Å². The molecule has 0 bridgehead atoms. The van der Waals surface area contributed by atoms with Crippen molar-refractivity contribution in [2.75, 3.05) is 14.1 Å². The van der Waals surface area contributed by atoms with Gasteiger partial charge in [0.05, 0.1) is 5.54 Å². The van der Waals surface area contributed by atoms with E-state index >= 15 is 0 Å². The van der Waals surface area contributed by atoms with Crippen molar-refractivity contribution in [1.82, 2.24) is 14.7 Å². The van der Waals surface area contributed by atoms with E-state index in [2.05, 4.69) is 5.10 Å². The second kappa shape index (κ2) is 4.14. The van der Waals surface area contributed by atoms with E-state index in [9.17, 15) is 4.79 Å². The van der Waals surface area contributed by atoms with Crippen LogP contribution in [0.25, 0.3) is 0 Å². The lowest BCUT2D eigenvalue weighted by atomic mass is 9.90. The summed E-state index contributed by atoms with van der Waals surface area (Å²) in [6.07, 6.45) is 2.56. The fourth-order valence-electron chi connectivity index (χ4n) is 1.49. The van der Waals surface area contributed by atoms with Crippen LogP contribution in [0, 0.1) is 0 Å². The van der Waals surface area contributed by atoms with Crippen molar-refractivity contribution in [3.05, 3.63) is 18.0 Å². The molecule has 1 aromatic rings. The highest BCUT2D eigenvalue weighted by atomic mass is 16.1. The quantitative estimate of drug-likeness (QED) is 0.702. The predicted molar refractivity (Wildman–Crippen MR) is 59.9 cm³/mol. The second-order valence-corrected chi connectivity index (χ2v) is 4.23. The fourth-order valence-corrected chi connectivity index (χ4v) is 1.49. The van der Waals surface area contributed by atoms with Gasteiger partial charge in [-0.15, -0.1) is 0 Å². The molecule has 1 aromatic heterocycles. The third-order valence-electron chi connectivity index (χ3n) is 3.11. The van der Waals surface area contributed by atoms with Crippen molar-refractivity contribution in [1.29, 1.82) is 0 Å². The normalized spacial score (nSPS) is 15.3. The first-order valence-electron chi connectivity index (χ1n) is 5.13. The SMILES string of the molecule is CCC(C)(C(=O)c1ccn(C)n1)N(C)C. The summed E-state index contributed by atoms with van der Waals surface area (Å²) < 4.78 is 1.65. The number of aromatic nitrogens is 2. The van der Waals surface area contributed by atoms with E-state index in [1.165, 1.54) is 0 Å². The molecule has 0 N–H and O–H groups in total. The van der Waals surface area contributed by atoms with Crippen molar-refractivity contribution in [2.24, 2.45) is 7.05 Å². The van der Waals surface area contributed by atoms with Gasteiger partial charge in [0.1, 0.15) is 5.69 Å². The molecule has 0 amide bonds. The lowest BCUT2D eigenvalue weighted by Gasteiger charge is -2.33. The molecule has 0 radical (unpaired) electrons. The molecular formula is C11H19N3O. The minimum atomic E-state index is -0.464. The zero-order valence-corrected chi connectivity index (χ0v) is 10.1. The number of aryl methyl sites for hydroxylation is 1. The Morgan fingerprint density at radius 3 is 2.53 bits per heavy atom. The van der Waals surface area contributed by atoms with Crippen molar-refractivity contribution < 1.29 is 4.79 Å². The number of carbonyl (C=O) groups is 1. The molecule has 0 spiro atoms. The molecule has 0 aliphatic rings. The van der Waals surface area contributed by atoms with E-state index in [0.717, 1.165) is 6.42 Å². The zero-order chi connectivity index (χ0) is 11.6. The first kappa shape index (κ1) is 11.9. The molecule has 4 heteroatoms. The Labute approximate surface area is 90.9 Å². The Hall–Kier alpha value is -1.16. The Bertz CT molecular complexity index is 356. The first-order chi connectivity index (χ1) is 6.91. The van der Waals surface area contributed by atoms with Crippen LogP contribution in [0.15, 0.2) is 12.3 Å². The maximum absolute atomic E-state index is 12.2. The summed E-state index contributed by atoms with van der Waals surface area (Å²) in [4.78, 5) is 14.2. The molecule has 0 saturated heterocycles. The minimum absolute atomic E-state index is 0.0793. The Morgan fingerprint density at radius 1 is 1.60 bits per heavy atom. The highest BCUT2D eigenvalue weighted by Gasteiger charge is 2.35. The average Bonchev–Trinajstić information content (AvgIpc) is 2.62. The lowest BCUT2D eigenvalue weighted by molar-refractivity contribution is 0.0704. The molecule has 0 saturated carbocycles. The molecule has 0 fully saturated rings. The van der Waals surface area contributed by atoms with E-state index in [1.54, 1.807) is 16.9 Å². The number of carbonyl (C=O) groups excluding carboxylic acids is 1. The molecule has 0 aliphatic heterocycles. The molecular weight excluding hydrogens is 190 g/mol. The third kappa shape index (κ3) is 2.09. The number of nitrogens with zero attached hydrogens (tertiary/aromatic N) is 3. The summed E-state index contributed by atoms with van der Waals surface area (Å²) >= 11 is 0. The van der Waals surface area contributed by atoms with Crippen molar-refractivity contribution >= 4 is 5.78 Å². The van der Waals surface area contributed by atoms with Gasteiger partial charge in [0, 0.05) is 13.2 Å². The number of Topliss-reactive ketones (excluding diaryl/α,β-unsaturated/α-hetero) is 1. The highest BCUT2D eigenvalue weighted by Crippen LogP contribution is 2.21. The van der Waals surface area contributed by atoms with Gasteiger partial charge >= 0.3 is 0 Å². The predicted octanol–water partition coefficient (Wildman–Crippen LogP) is 1.33. The number of rotatable bonds is 4. The molecule has 1 rings (SSSR count). The van der Waals surface area contributed by atoms with Crippen molar-refractivity contribution in [3.8, 4) is 0 Å². The van der Waals surface area contributed by atoms with Crippen LogP contribution in [0.1, 0.15) is 30.8 Å². The molecule has 1 atom stereocenters. The molecule has 1 heterocycles. The van der Waals surface area contributed by atoms with Gasteiger partial charge in [-0.3, -0.25) is 14.4 Å². The van der Waals surface area contributed by atoms with Crippen LogP contribution in [0.2, 0.25) is 0 Å². The van der Waals surface area contributed by atoms with Crippen LogP contribution in [0.4, 0.5) is 0 Å². The summed E-state index contributed by atoms with van der Waals surface area (Å²) in [6.45, 7) is 3.96. The van der Waals surface area contributed by atoms with Crippen LogP contribution in [-0.4, -0.2) is 40.1 Å². The van der Waals surface area contributed by atoms with Crippen molar-refractivity contribution in [2.45, 2.75) is 25.8 Å². The maximum Gasteiger partial charge on any atom is 0.202 e. The van der Waals surface area contributed by atoms with E-state index in [-0.39, 0.29) is 5.78 Å². The summed E-state index contributed by atoms with van der Waals surface area (Å²) in [6, 6.07) is 1.76. The van der Waals surface area contributed by atoms with Crippen LogP contribution in [-0.2, 0) is 7.05 Å². The number of likely N-dealkylation sites (N-methyl/N-ethyl adjacent to an activating group) is 1. The average molecular weight is 209 g/mol. The van der Waals surface area contributed by atoms with Crippen LogP contribution in [0.5, 0.6) is 0 Å². The third-order valence-corrected chi connectivity index (χ3v) is 3.11. The van der Waals surface area contributed by atoms with E-state index in [1.807, 2.05) is 39.9 Å². The van der Waals surface area contributed by atoms with Crippen LogP contribution in [0.3, 0.4) is 0 Å². The van der Waals surface area contributed by atoms with E-state index in [4.69, 9.17) is 0 Å². The topological polar surface area (TPSA) is 38.1 Å². The summed E-state index contributed by atoms with van der Waals surface area (Å²) in [7, 11) is 5.66. The summed E-state index contributed by atoms with van der Waals surface area (Å²) in [5, 5.41) is 4.15. The van der Waals surface area contributed by atoms with Gasteiger partial charge < -0.3 is 0 Å². The van der Waals surface area contributed by atoms with E-state index < -0.39 is 5.54 Å². The van der Waals surface area contributed by atoms with Gasteiger partial charge in [-0.2, -0.15) is 5.10 Å². The lowest BCUT2D eigenvalue weighted by Crippen LogP contribution is -2.48. The molecule has 0 aliphatic carbocycles. The minimum Gasteiger partial charge on any atom is -0.297 e. The second-order valence-electron chi connectivity index (χ2n) is 4.23. The van der Waals surface area contributed by atoms with Crippen LogP contribution < -0.4 is 0 Å². The highest BCUT2D eigenvalue weighted by molar-refractivity contribution is 6.01. The monoisotopic (exact) mass is 209 g/mol. The standard InChI is InChI=1S/C11H19N3O/c1-6-11(2,13(3)4)10(15)9-7-8-14(5)12-9/h7-8H,6H2,1-5H3. The maximum atomic E-state index is 12.2. The van der Waals surface area contributed by atoms with Crippen LogP contribution >= 0.6 is 0 Å². The van der Waals surface area contributed by atoms with Gasteiger partial charge in [0.2, 0.25) is 5.78 Å². The summed E-state index contributed by atoms with van der Waals surface area (Å²) in [5.74, 6) is 0.0793. The number of hydrogen-bond donors (Lipinski definition) is 0. The molecule has 0 aromatic carbocycles. The molecule has 4 nitrogen and oxygen atoms in total. The van der Waals surface area contributed by atoms with E-state index in [0.29, 0.717) is 5.69 Å². The Balaban J connectivity index is 3.02.